The molecule has 0 aromatic heterocycles. The molecule has 0 aromatic carbocycles. The van der Waals surface area contributed by atoms with E-state index in [1.807, 2.05) is 0 Å². The summed E-state index contributed by atoms with van der Waals surface area (Å²) in [7, 11) is 0. The zero-order valence-corrected chi connectivity index (χ0v) is 8.54. The molecule has 19 valence electrons. The summed E-state index contributed by atoms with van der Waals surface area (Å²) in [6.45, 7) is 0. The van der Waals surface area contributed by atoms with Crippen molar-refractivity contribution in [2.75, 3.05) is 0 Å². The normalized spacial score (nSPS) is 0. The maximum Gasteiger partial charge on any atom is 0 e. The summed E-state index contributed by atoms with van der Waals surface area (Å²) in [5.74, 6) is 0. The van der Waals surface area contributed by atoms with Gasteiger partial charge in [0.05, 0.1) is 0 Å². The molecule has 0 nitrogen and oxygen atoms in total. The van der Waals surface area contributed by atoms with Crippen LogP contribution in [0.2, 0.25) is 0 Å². The predicted octanol–water partition coefficient (Wildman–Crippen LogP) is -1.52. The van der Waals surface area contributed by atoms with Crippen molar-refractivity contribution in [1.82, 2.24) is 0 Å². The molecule has 0 saturated heterocycles. The topological polar surface area (TPSA) is 0 Å². The second-order valence-electron chi connectivity index (χ2n) is 0. The molecule has 0 aliphatic rings. The zero-order valence-electron chi connectivity index (χ0n) is 1.86. The average molecular weight is 255 g/mol. The van der Waals surface area contributed by atoms with Crippen molar-refractivity contribution in [3.05, 3.63) is 0 Å². The number of hydrogen-bond donors (Lipinski definition) is 0. The van der Waals surface area contributed by atoms with Gasteiger partial charge in [-0.2, -0.15) is 0 Å². The van der Waals surface area contributed by atoms with Crippen molar-refractivity contribution in [2.24, 2.45) is 0 Å². The van der Waals surface area contributed by atoms with Crippen LogP contribution in [0.15, 0.2) is 0 Å². The Morgan fingerprint density at radius 1 is 1.00 bits per heavy atom. The maximum absolute atomic E-state index is 0. The molecule has 0 amide bonds. The Morgan fingerprint density at radius 2 is 1.00 bits per heavy atom. The van der Waals surface area contributed by atoms with Gasteiger partial charge in [0, 0.05) is 63.6 Å². The Hall–Kier alpha value is 1.84. The molecule has 0 unspecified atom stereocenters. The van der Waals surface area contributed by atoms with E-state index in [2.05, 4.69) is 0 Å². The van der Waals surface area contributed by atoms with Gasteiger partial charge in [0.25, 0.3) is 0 Å². The Morgan fingerprint density at radius 3 is 1.00 bits per heavy atom. The average Bonchev–Trinajstić information content (AvgIpc) is 0. The third kappa shape index (κ3) is 9.15. The number of rotatable bonds is 0. The SMILES string of the molecule is [As].[Ge].[Se].[Si]. The van der Waals surface area contributed by atoms with Crippen LogP contribution in [-0.4, -0.2) is 63.6 Å². The quantitative estimate of drug-likeness (QED) is 0.461. The fourth-order valence-corrected chi connectivity index (χ4v) is 0. The first-order chi connectivity index (χ1) is 0. The summed E-state index contributed by atoms with van der Waals surface area (Å²) >= 11 is 0. The molecule has 0 fully saturated rings. The van der Waals surface area contributed by atoms with E-state index in [-0.39, 0.29) is 63.6 Å². The van der Waals surface area contributed by atoms with Crippen molar-refractivity contribution in [2.45, 2.75) is 0 Å². The van der Waals surface area contributed by atoms with E-state index in [4.69, 9.17) is 0 Å². The molecule has 0 saturated carbocycles. The minimum atomic E-state index is 0. The molecule has 0 bridgehead atoms. The van der Waals surface area contributed by atoms with Crippen molar-refractivity contribution in [3.63, 3.8) is 0 Å². The molecular formula is AsGeSeSi. The van der Waals surface area contributed by atoms with Gasteiger partial charge in [-0.3, -0.25) is 0 Å². The van der Waals surface area contributed by atoms with E-state index in [0.717, 1.165) is 0 Å². The molecule has 4 heavy (non-hydrogen) atoms. The Kier molecular flexibility index (Phi) is 213. The molecule has 4 heteroatoms. The standard InChI is InChI=1S/As.Ge.Se.Si. The van der Waals surface area contributed by atoms with Gasteiger partial charge in [-0.15, -0.1) is 0 Å². The van der Waals surface area contributed by atoms with E-state index in [9.17, 15) is 0 Å². The molecule has 0 aromatic rings. The van der Waals surface area contributed by atoms with Crippen molar-refractivity contribution >= 4 is 63.6 Å². The van der Waals surface area contributed by atoms with Crippen LogP contribution < -0.4 is 0 Å². The fraction of sp³-hybridized carbons (Fsp3) is 0. The zero-order chi connectivity index (χ0) is 0. The van der Waals surface area contributed by atoms with Gasteiger partial charge in [0.2, 0.25) is 0 Å². The van der Waals surface area contributed by atoms with Crippen LogP contribution in [0.1, 0.15) is 0 Å². The molecule has 0 aliphatic carbocycles. The number of hydrogen-bond acceptors (Lipinski definition) is 0. The largest absolute Gasteiger partial charge is 0 e. The molecule has 0 heterocycles. The van der Waals surface area contributed by atoms with Crippen LogP contribution in [-0.2, 0) is 0 Å². The fourth-order valence-electron chi connectivity index (χ4n) is 0. The van der Waals surface area contributed by atoms with Crippen LogP contribution in [0.4, 0.5) is 0 Å². The predicted molar refractivity (Wildman–Crippen MR) is 23.0 cm³/mol. The minimum absolute atomic E-state index is 0. The van der Waals surface area contributed by atoms with E-state index in [1.54, 1.807) is 0 Å². The Labute approximate surface area is 63.3 Å². The summed E-state index contributed by atoms with van der Waals surface area (Å²) < 4.78 is 0. The first kappa shape index (κ1) is 40.5. The van der Waals surface area contributed by atoms with Crippen LogP contribution in [0, 0.1) is 0 Å². The van der Waals surface area contributed by atoms with Gasteiger partial charge in [0.1, 0.15) is 0 Å². The molecular weight excluding hydrogens is 255 g/mol. The first-order valence-electron chi connectivity index (χ1n) is 0. The second kappa shape index (κ2) is 21.1. The van der Waals surface area contributed by atoms with Crippen LogP contribution in [0.25, 0.3) is 0 Å². The molecule has 0 rings (SSSR count). The molecule has 0 atom stereocenters. The molecule has 0 N–H and O–H groups in total. The smallest absolute Gasteiger partial charge is 0 e. The summed E-state index contributed by atoms with van der Waals surface area (Å²) in [6.07, 6.45) is 0. The third-order valence-electron chi connectivity index (χ3n) is 0. The van der Waals surface area contributed by atoms with Gasteiger partial charge in [-0.1, -0.05) is 0 Å². The first-order valence-corrected chi connectivity index (χ1v) is 0. The molecule has 0 aliphatic heterocycles. The van der Waals surface area contributed by atoms with Crippen molar-refractivity contribution in [3.8, 4) is 0 Å². The summed E-state index contributed by atoms with van der Waals surface area (Å²) in [6, 6.07) is 0. The Balaban J connectivity index is 0. The maximum atomic E-state index is 0. The summed E-state index contributed by atoms with van der Waals surface area (Å²) in [5, 5.41) is 0. The minimum Gasteiger partial charge on any atom is 0 e. The van der Waals surface area contributed by atoms with E-state index < -0.39 is 0 Å². The summed E-state index contributed by atoms with van der Waals surface area (Å²) in [4.78, 5) is 0. The van der Waals surface area contributed by atoms with E-state index in [0.29, 0.717) is 0 Å². The molecule has 13 radical (unpaired) electrons. The van der Waals surface area contributed by atoms with E-state index in [1.165, 1.54) is 0 Å². The van der Waals surface area contributed by atoms with Crippen molar-refractivity contribution in [1.29, 1.82) is 0 Å². The summed E-state index contributed by atoms with van der Waals surface area (Å²) in [5.41, 5.74) is 0. The van der Waals surface area contributed by atoms with E-state index >= 15 is 0 Å². The third-order valence-corrected chi connectivity index (χ3v) is 0. The van der Waals surface area contributed by atoms with Crippen LogP contribution >= 0.6 is 0 Å². The molecule has 0 spiro atoms. The van der Waals surface area contributed by atoms with Gasteiger partial charge in [0.15, 0.2) is 0 Å². The van der Waals surface area contributed by atoms with Crippen LogP contribution in [0.5, 0.6) is 0 Å². The monoisotopic (exact) mass is 257 g/mol. The Bertz CT molecular complexity index is 8.00. The van der Waals surface area contributed by atoms with Gasteiger partial charge in [-0.05, 0) is 0 Å². The van der Waals surface area contributed by atoms with Gasteiger partial charge < -0.3 is 0 Å². The van der Waals surface area contributed by atoms with Crippen molar-refractivity contribution < 1.29 is 0 Å². The second-order valence-corrected chi connectivity index (χ2v) is 0. The van der Waals surface area contributed by atoms with Crippen LogP contribution in [0.3, 0.4) is 0 Å². The van der Waals surface area contributed by atoms with Gasteiger partial charge >= 0.3 is 0 Å². The van der Waals surface area contributed by atoms with Gasteiger partial charge in [-0.25, -0.2) is 0 Å².